The van der Waals surface area contributed by atoms with Crippen molar-refractivity contribution in [3.8, 4) is 17.0 Å². The van der Waals surface area contributed by atoms with E-state index >= 15 is 0 Å². The number of hydrogen-bond donors (Lipinski definition) is 1. The fraction of sp³-hybridized carbons (Fsp3) is 0.333. The highest BCUT2D eigenvalue weighted by Gasteiger charge is 2.19. The molecular formula is C24H27N3O4. The maximum Gasteiger partial charge on any atom is 0.411 e. The van der Waals surface area contributed by atoms with Gasteiger partial charge in [-0.3, -0.25) is 10.00 Å². The van der Waals surface area contributed by atoms with Crippen molar-refractivity contribution in [1.29, 1.82) is 0 Å². The summed E-state index contributed by atoms with van der Waals surface area (Å²) < 4.78 is 18.3. The predicted octanol–water partition coefficient (Wildman–Crippen LogP) is 4.39. The number of para-hydroxylation sites is 1. The summed E-state index contributed by atoms with van der Waals surface area (Å²) in [6, 6.07) is 17.4. The first kappa shape index (κ1) is 20.9. The number of nitrogens with zero attached hydrogens (tertiary/aromatic N) is 2. The van der Waals surface area contributed by atoms with Gasteiger partial charge in [0.25, 0.3) is 0 Å². The van der Waals surface area contributed by atoms with Gasteiger partial charge in [-0.25, -0.2) is 4.79 Å². The monoisotopic (exact) mass is 421 g/mol. The van der Waals surface area contributed by atoms with Crippen LogP contribution in [0.4, 0.5) is 10.5 Å². The fourth-order valence-corrected chi connectivity index (χ4v) is 3.81. The molecule has 3 aromatic rings. The largest absolute Gasteiger partial charge is 0.496 e. The Labute approximate surface area is 181 Å². The van der Waals surface area contributed by atoms with Gasteiger partial charge in [-0.2, -0.15) is 5.10 Å². The van der Waals surface area contributed by atoms with Crippen LogP contribution < -0.4 is 10.1 Å². The first-order valence-electron chi connectivity index (χ1n) is 10.5. The van der Waals surface area contributed by atoms with Crippen molar-refractivity contribution in [2.24, 2.45) is 5.92 Å². The van der Waals surface area contributed by atoms with Crippen LogP contribution in [0.2, 0.25) is 0 Å². The Morgan fingerprint density at radius 3 is 2.87 bits per heavy atom. The summed E-state index contributed by atoms with van der Waals surface area (Å²) in [6.07, 6.45) is 3.28. The van der Waals surface area contributed by atoms with Gasteiger partial charge in [-0.1, -0.05) is 18.2 Å². The van der Waals surface area contributed by atoms with Crippen LogP contribution in [0.5, 0.6) is 5.75 Å². The minimum absolute atomic E-state index is 0.218. The molecule has 4 rings (SSSR count). The molecule has 0 unspecified atom stereocenters. The van der Waals surface area contributed by atoms with Gasteiger partial charge in [0.05, 0.1) is 19.3 Å². The van der Waals surface area contributed by atoms with Crippen molar-refractivity contribution in [1.82, 2.24) is 9.78 Å². The van der Waals surface area contributed by atoms with Gasteiger partial charge in [-0.15, -0.1) is 0 Å². The maximum absolute atomic E-state index is 12.0. The topological polar surface area (TPSA) is 74.6 Å². The lowest BCUT2D eigenvalue weighted by atomic mass is 9.96. The number of benzene rings is 2. The molecule has 2 aromatic carbocycles. The second-order valence-corrected chi connectivity index (χ2v) is 7.53. The minimum atomic E-state index is -0.481. The molecule has 1 fully saturated rings. The van der Waals surface area contributed by atoms with Gasteiger partial charge in [0.1, 0.15) is 12.4 Å². The highest BCUT2D eigenvalue weighted by Crippen LogP contribution is 2.30. The van der Waals surface area contributed by atoms with Crippen LogP contribution in [0.15, 0.2) is 60.8 Å². The lowest BCUT2D eigenvalue weighted by Gasteiger charge is -2.15. The van der Waals surface area contributed by atoms with E-state index in [1.165, 1.54) is 5.56 Å². The van der Waals surface area contributed by atoms with Crippen LogP contribution in [0.3, 0.4) is 0 Å². The lowest BCUT2D eigenvalue weighted by molar-refractivity contribution is 0.156. The predicted molar refractivity (Wildman–Crippen MR) is 118 cm³/mol. The molecule has 1 saturated heterocycles. The smallest absolute Gasteiger partial charge is 0.411 e. The molecule has 0 spiro atoms. The van der Waals surface area contributed by atoms with E-state index in [9.17, 15) is 4.79 Å². The molecule has 2 heterocycles. The summed E-state index contributed by atoms with van der Waals surface area (Å²) >= 11 is 0. The Bertz CT molecular complexity index is 997. The molecule has 0 bridgehead atoms. The quantitative estimate of drug-likeness (QED) is 0.584. The molecule has 1 atom stereocenters. The van der Waals surface area contributed by atoms with E-state index in [1.54, 1.807) is 13.3 Å². The van der Waals surface area contributed by atoms with Crippen LogP contribution in [0, 0.1) is 5.92 Å². The van der Waals surface area contributed by atoms with Crippen molar-refractivity contribution < 1.29 is 19.0 Å². The first-order valence-corrected chi connectivity index (χ1v) is 10.5. The molecule has 1 N–H and O–H groups in total. The lowest BCUT2D eigenvalue weighted by Crippen LogP contribution is -2.17. The number of carbonyl (C=O) groups is 1. The van der Waals surface area contributed by atoms with Crippen molar-refractivity contribution in [2.75, 3.05) is 32.2 Å². The Balaban J connectivity index is 1.40. The third-order valence-corrected chi connectivity index (χ3v) is 5.38. The fourth-order valence-electron chi connectivity index (χ4n) is 3.81. The summed E-state index contributed by atoms with van der Waals surface area (Å²) in [4.78, 5) is 12.0. The van der Waals surface area contributed by atoms with Crippen molar-refractivity contribution in [3.05, 3.63) is 66.4 Å². The van der Waals surface area contributed by atoms with E-state index in [-0.39, 0.29) is 6.61 Å². The Morgan fingerprint density at radius 1 is 1.23 bits per heavy atom. The summed E-state index contributed by atoms with van der Waals surface area (Å²) in [5.41, 5.74) is 3.90. The number of aromatic nitrogens is 2. The van der Waals surface area contributed by atoms with Crippen molar-refractivity contribution in [2.45, 2.75) is 19.4 Å². The van der Waals surface area contributed by atoms with Gasteiger partial charge in [0, 0.05) is 30.7 Å². The Kier molecular flexibility index (Phi) is 6.84. The minimum Gasteiger partial charge on any atom is -0.496 e. The van der Waals surface area contributed by atoms with Gasteiger partial charge in [-0.05, 0) is 60.7 Å². The van der Waals surface area contributed by atoms with Crippen LogP contribution in [-0.4, -0.2) is 42.8 Å². The second kappa shape index (κ2) is 10.1. The Morgan fingerprint density at radius 2 is 2.10 bits per heavy atom. The molecule has 0 saturated carbocycles. The molecule has 7 nitrogen and oxygen atoms in total. The molecular weight excluding hydrogens is 394 g/mol. The standard InChI is InChI=1S/C24H27N3O4/c1-29-23-8-7-19(16-20(23)15-18-10-13-30-17-18)22-9-11-25-27(22)12-14-31-24(28)26-21-5-3-2-4-6-21/h2-9,11,16,18H,10,12-15,17H2,1H3,(H,26,28)/t18-/m0/s1. The zero-order chi connectivity index (χ0) is 21.5. The Hall–Kier alpha value is -3.32. The molecule has 1 aliphatic heterocycles. The number of hydrogen-bond acceptors (Lipinski definition) is 5. The second-order valence-electron chi connectivity index (χ2n) is 7.53. The van der Waals surface area contributed by atoms with Crippen molar-refractivity contribution in [3.63, 3.8) is 0 Å². The van der Waals surface area contributed by atoms with E-state index in [4.69, 9.17) is 14.2 Å². The summed E-state index contributed by atoms with van der Waals surface area (Å²) in [6.45, 7) is 2.31. The summed E-state index contributed by atoms with van der Waals surface area (Å²) in [7, 11) is 1.70. The number of rotatable bonds is 8. The average molecular weight is 421 g/mol. The van der Waals surface area contributed by atoms with E-state index in [2.05, 4.69) is 16.5 Å². The number of methoxy groups -OCH3 is 1. The molecule has 1 aliphatic rings. The van der Waals surface area contributed by atoms with Gasteiger partial charge in [0.2, 0.25) is 0 Å². The van der Waals surface area contributed by atoms with Crippen LogP contribution in [0.1, 0.15) is 12.0 Å². The highest BCUT2D eigenvalue weighted by molar-refractivity contribution is 5.84. The molecule has 0 aliphatic carbocycles. The third-order valence-electron chi connectivity index (χ3n) is 5.38. The van der Waals surface area contributed by atoms with E-state index in [0.717, 1.165) is 43.1 Å². The molecule has 0 radical (unpaired) electrons. The van der Waals surface area contributed by atoms with Gasteiger partial charge >= 0.3 is 6.09 Å². The number of anilines is 1. The highest BCUT2D eigenvalue weighted by atomic mass is 16.5. The first-order chi connectivity index (χ1) is 15.2. The van der Waals surface area contributed by atoms with Crippen LogP contribution >= 0.6 is 0 Å². The van der Waals surface area contributed by atoms with Gasteiger partial charge < -0.3 is 14.2 Å². The average Bonchev–Trinajstić information content (AvgIpc) is 3.47. The summed E-state index contributed by atoms with van der Waals surface area (Å²) in [5.74, 6) is 1.41. The SMILES string of the molecule is COc1ccc(-c2ccnn2CCOC(=O)Nc2ccccc2)cc1C[C@@H]1CCOC1. The molecule has 1 aromatic heterocycles. The normalized spacial score (nSPS) is 15.6. The number of carbonyl (C=O) groups excluding carboxylic acids is 1. The maximum atomic E-state index is 12.0. The number of amides is 1. The number of nitrogens with one attached hydrogen (secondary N) is 1. The van der Waals surface area contributed by atoms with Gasteiger partial charge in [0.15, 0.2) is 0 Å². The molecule has 1 amide bonds. The number of ether oxygens (including phenoxy) is 3. The zero-order valence-electron chi connectivity index (χ0n) is 17.6. The zero-order valence-corrected chi connectivity index (χ0v) is 17.6. The van der Waals surface area contributed by atoms with E-state index in [0.29, 0.717) is 18.2 Å². The molecule has 7 heteroatoms. The van der Waals surface area contributed by atoms with Crippen LogP contribution in [-0.2, 0) is 22.4 Å². The third kappa shape index (κ3) is 5.44. The van der Waals surface area contributed by atoms with E-state index in [1.807, 2.05) is 53.2 Å². The van der Waals surface area contributed by atoms with Crippen LogP contribution in [0.25, 0.3) is 11.3 Å². The van der Waals surface area contributed by atoms with E-state index < -0.39 is 6.09 Å². The summed E-state index contributed by atoms with van der Waals surface area (Å²) in [5, 5.41) is 7.11. The molecule has 162 valence electrons. The van der Waals surface area contributed by atoms with Crippen molar-refractivity contribution >= 4 is 11.8 Å². The molecule has 31 heavy (non-hydrogen) atoms.